The van der Waals surface area contributed by atoms with Crippen molar-refractivity contribution in [3.63, 3.8) is 0 Å². The molecule has 2 aromatic rings. The quantitative estimate of drug-likeness (QED) is 0.918. The van der Waals surface area contributed by atoms with Gasteiger partial charge < -0.3 is 9.67 Å². The van der Waals surface area contributed by atoms with Crippen LogP contribution in [0, 0.1) is 6.92 Å². The van der Waals surface area contributed by atoms with Gasteiger partial charge in [0.2, 0.25) is 0 Å². The van der Waals surface area contributed by atoms with E-state index in [9.17, 15) is 9.59 Å². The highest BCUT2D eigenvalue weighted by molar-refractivity contribution is 5.69. The van der Waals surface area contributed by atoms with Crippen LogP contribution in [-0.2, 0) is 11.3 Å². The van der Waals surface area contributed by atoms with E-state index in [0.717, 1.165) is 11.1 Å². The summed E-state index contributed by atoms with van der Waals surface area (Å²) < 4.78 is 1.40. The van der Waals surface area contributed by atoms with Gasteiger partial charge in [0.15, 0.2) is 0 Å². The molecule has 0 saturated heterocycles. The molecule has 1 aromatic heterocycles. The lowest BCUT2D eigenvalue weighted by molar-refractivity contribution is -0.137. The Morgan fingerprint density at radius 1 is 1.19 bits per heavy atom. The van der Waals surface area contributed by atoms with E-state index in [0.29, 0.717) is 0 Å². The average Bonchev–Trinajstić information content (AvgIpc) is 2.44. The Labute approximate surface area is 123 Å². The molecule has 1 aromatic carbocycles. The van der Waals surface area contributed by atoms with Crippen LogP contribution in [0.3, 0.4) is 0 Å². The molecule has 0 radical (unpaired) electrons. The fourth-order valence-corrected chi connectivity index (χ4v) is 1.99. The summed E-state index contributed by atoms with van der Waals surface area (Å²) in [5, 5.41) is 8.63. The van der Waals surface area contributed by atoms with Crippen molar-refractivity contribution >= 4 is 18.1 Å². The fraction of sp³-hybridized carbons (Fsp3) is 0.176. The van der Waals surface area contributed by atoms with E-state index in [1.807, 2.05) is 37.3 Å². The molecule has 0 fully saturated rings. The number of nitrogens with zero attached hydrogens (tertiary/aromatic N) is 1. The third kappa shape index (κ3) is 4.45. The highest BCUT2D eigenvalue weighted by Crippen LogP contribution is 2.09. The topological polar surface area (TPSA) is 59.3 Å². The maximum Gasteiger partial charge on any atom is 0.305 e. The van der Waals surface area contributed by atoms with Gasteiger partial charge in [0.25, 0.3) is 5.56 Å². The average molecular weight is 283 g/mol. The molecule has 1 N–H and O–H groups in total. The monoisotopic (exact) mass is 283 g/mol. The molecule has 1 heterocycles. The van der Waals surface area contributed by atoms with Crippen LogP contribution in [-0.4, -0.2) is 15.6 Å². The highest BCUT2D eigenvalue weighted by Gasteiger charge is 2.00. The van der Waals surface area contributed by atoms with Crippen LogP contribution in [0.25, 0.3) is 12.2 Å². The Kier molecular flexibility index (Phi) is 4.72. The van der Waals surface area contributed by atoms with Crippen molar-refractivity contribution in [2.75, 3.05) is 0 Å². The number of rotatable bonds is 5. The Morgan fingerprint density at radius 2 is 1.90 bits per heavy atom. The largest absolute Gasteiger partial charge is 0.481 e. The van der Waals surface area contributed by atoms with E-state index in [1.165, 1.54) is 16.2 Å². The zero-order chi connectivity index (χ0) is 15.2. The van der Waals surface area contributed by atoms with Gasteiger partial charge in [-0.2, -0.15) is 0 Å². The van der Waals surface area contributed by atoms with Crippen LogP contribution in [0.15, 0.2) is 47.4 Å². The van der Waals surface area contributed by atoms with E-state index in [4.69, 9.17) is 5.11 Å². The van der Waals surface area contributed by atoms with Gasteiger partial charge in [-0.25, -0.2) is 0 Å². The van der Waals surface area contributed by atoms with E-state index in [2.05, 4.69) is 6.07 Å². The molecule has 0 amide bonds. The van der Waals surface area contributed by atoms with Gasteiger partial charge in [-0.15, -0.1) is 0 Å². The smallest absolute Gasteiger partial charge is 0.305 e. The molecule has 4 heteroatoms. The summed E-state index contributed by atoms with van der Waals surface area (Å²) in [7, 11) is 0. The number of aryl methyl sites for hydroxylation is 2. The third-order valence-electron chi connectivity index (χ3n) is 3.10. The zero-order valence-electron chi connectivity index (χ0n) is 11.8. The molecule has 108 valence electrons. The first-order valence-corrected chi connectivity index (χ1v) is 6.71. The van der Waals surface area contributed by atoms with Crippen molar-refractivity contribution < 1.29 is 9.90 Å². The lowest BCUT2D eigenvalue weighted by atomic mass is 10.1. The molecule has 0 atom stereocenters. The van der Waals surface area contributed by atoms with Crippen LogP contribution >= 0.6 is 0 Å². The SMILES string of the molecule is Cc1cccc(/C=C/c2ccn(CCC(=O)O)c(=O)c2)c1. The van der Waals surface area contributed by atoms with Gasteiger partial charge in [-0.05, 0) is 24.1 Å². The zero-order valence-corrected chi connectivity index (χ0v) is 11.8. The molecule has 21 heavy (non-hydrogen) atoms. The second kappa shape index (κ2) is 6.70. The Morgan fingerprint density at radius 3 is 2.52 bits per heavy atom. The Bertz CT molecular complexity index is 729. The number of benzene rings is 1. The lowest BCUT2D eigenvalue weighted by Gasteiger charge is -2.03. The van der Waals surface area contributed by atoms with Crippen molar-refractivity contribution in [1.29, 1.82) is 0 Å². The number of aromatic nitrogens is 1. The van der Waals surface area contributed by atoms with Gasteiger partial charge in [0.05, 0.1) is 6.42 Å². The van der Waals surface area contributed by atoms with Crippen molar-refractivity contribution in [3.05, 3.63) is 69.6 Å². The first kappa shape index (κ1) is 14.8. The second-order valence-corrected chi connectivity index (χ2v) is 4.88. The molecule has 0 aliphatic rings. The first-order valence-electron chi connectivity index (χ1n) is 6.71. The van der Waals surface area contributed by atoms with Gasteiger partial charge >= 0.3 is 5.97 Å². The van der Waals surface area contributed by atoms with Crippen LogP contribution < -0.4 is 5.56 Å². The minimum Gasteiger partial charge on any atom is -0.481 e. The standard InChI is InChI=1S/C17H17NO3/c1-13-3-2-4-14(11-13)5-6-15-7-9-18(16(19)12-15)10-8-17(20)21/h2-7,9,11-12H,8,10H2,1H3,(H,20,21)/b6-5+. The molecule has 0 aliphatic carbocycles. The summed E-state index contributed by atoms with van der Waals surface area (Å²) >= 11 is 0. The fourth-order valence-electron chi connectivity index (χ4n) is 1.99. The maximum absolute atomic E-state index is 11.9. The number of pyridine rings is 1. The maximum atomic E-state index is 11.9. The number of carboxylic acids is 1. The first-order chi connectivity index (χ1) is 10.0. The lowest BCUT2D eigenvalue weighted by Crippen LogP contribution is -2.20. The minimum atomic E-state index is -0.912. The molecular weight excluding hydrogens is 266 g/mol. The molecule has 0 saturated carbocycles. The molecule has 0 bridgehead atoms. The molecule has 0 unspecified atom stereocenters. The number of hydrogen-bond donors (Lipinski definition) is 1. The van der Waals surface area contributed by atoms with Gasteiger partial charge in [0, 0.05) is 18.8 Å². The van der Waals surface area contributed by atoms with Crippen molar-refractivity contribution in [2.45, 2.75) is 19.9 Å². The Balaban J connectivity index is 2.13. The van der Waals surface area contributed by atoms with E-state index in [1.54, 1.807) is 12.3 Å². The van der Waals surface area contributed by atoms with Crippen molar-refractivity contribution in [1.82, 2.24) is 4.57 Å². The molecular formula is C17H17NO3. The predicted molar refractivity (Wildman–Crippen MR) is 83.1 cm³/mol. The minimum absolute atomic E-state index is 0.0572. The van der Waals surface area contributed by atoms with Crippen LogP contribution in [0.2, 0.25) is 0 Å². The van der Waals surface area contributed by atoms with Gasteiger partial charge in [0.1, 0.15) is 0 Å². The van der Waals surface area contributed by atoms with Crippen molar-refractivity contribution in [3.8, 4) is 0 Å². The van der Waals surface area contributed by atoms with Crippen molar-refractivity contribution in [2.24, 2.45) is 0 Å². The van der Waals surface area contributed by atoms with Crippen LogP contribution in [0.5, 0.6) is 0 Å². The second-order valence-electron chi connectivity index (χ2n) is 4.88. The summed E-state index contributed by atoms with van der Waals surface area (Å²) in [6, 6.07) is 11.4. The number of aliphatic carboxylic acids is 1. The van der Waals surface area contributed by atoms with Gasteiger partial charge in [-0.1, -0.05) is 42.0 Å². The van der Waals surface area contributed by atoms with E-state index < -0.39 is 5.97 Å². The Hall–Kier alpha value is -2.62. The summed E-state index contributed by atoms with van der Waals surface area (Å²) in [6.45, 7) is 2.22. The third-order valence-corrected chi connectivity index (χ3v) is 3.10. The number of carbonyl (C=O) groups is 1. The van der Waals surface area contributed by atoms with Gasteiger partial charge in [-0.3, -0.25) is 9.59 Å². The number of hydrogen-bond acceptors (Lipinski definition) is 2. The molecule has 4 nitrogen and oxygen atoms in total. The molecule has 0 aliphatic heterocycles. The highest BCUT2D eigenvalue weighted by atomic mass is 16.4. The summed E-state index contributed by atoms with van der Waals surface area (Å²) in [5.41, 5.74) is 2.86. The molecule has 0 spiro atoms. The van der Waals surface area contributed by atoms with Crippen LogP contribution in [0.1, 0.15) is 23.1 Å². The van der Waals surface area contributed by atoms with Crippen LogP contribution in [0.4, 0.5) is 0 Å². The van der Waals surface area contributed by atoms with E-state index >= 15 is 0 Å². The summed E-state index contributed by atoms with van der Waals surface area (Å²) in [5.74, 6) is -0.912. The normalized spacial score (nSPS) is 10.9. The summed E-state index contributed by atoms with van der Waals surface area (Å²) in [6.07, 6.45) is 5.39. The number of carboxylic acid groups (broad SMARTS) is 1. The predicted octanol–water partition coefficient (Wildman–Crippen LogP) is 2.80. The van der Waals surface area contributed by atoms with E-state index in [-0.39, 0.29) is 18.5 Å². The molecule has 2 rings (SSSR count). The summed E-state index contributed by atoms with van der Waals surface area (Å²) in [4.78, 5) is 22.4.